The van der Waals surface area contributed by atoms with Gasteiger partial charge in [-0.3, -0.25) is 14.9 Å². The number of amides is 1. The summed E-state index contributed by atoms with van der Waals surface area (Å²) in [6.07, 6.45) is 0. The molecule has 0 bridgehead atoms. The van der Waals surface area contributed by atoms with Crippen LogP contribution in [0, 0.1) is 10.1 Å². The van der Waals surface area contributed by atoms with E-state index < -0.39 is 4.92 Å². The largest absolute Gasteiger partial charge is 0.325 e. The zero-order valence-electron chi connectivity index (χ0n) is 14.4. The summed E-state index contributed by atoms with van der Waals surface area (Å²) in [5.41, 5.74) is 0.305. The number of nitro groups is 1. The van der Waals surface area contributed by atoms with E-state index in [0.29, 0.717) is 17.4 Å². The minimum Gasteiger partial charge on any atom is -0.325 e. The summed E-state index contributed by atoms with van der Waals surface area (Å²) in [5, 5.41) is 22.6. The number of non-ortho nitro benzene ring substituents is 1. The lowest BCUT2D eigenvalue weighted by Crippen LogP contribution is -2.14. The molecular weight excluding hydrogens is 534 g/mol. The summed E-state index contributed by atoms with van der Waals surface area (Å²) in [6.45, 7) is 2.64. The highest BCUT2D eigenvalue weighted by molar-refractivity contribution is 9.13. The van der Waals surface area contributed by atoms with E-state index in [2.05, 4.69) is 47.4 Å². The molecule has 0 aliphatic carbocycles. The predicted octanol–water partition coefficient (Wildman–Crippen LogP) is 5.19. The Kier molecular flexibility index (Phi) is 6.86. The highest BCUT2D eigenvalue weighted by Crippen LogP contribution is 2.38. The molecular formula is C16H13Br2N5O3S2. The van der Waals surface area contributed by atoms with Crippen LogP contribution >= 0.6 is 55.0 Å². The Hall–Kier alpha value is -1.76. The normalized spacial score (nSPS) is 10.8. The van der Waals surface area contributed by atoms with Gasteiger partial charge < -0.3 is 9.88 Å². The number of rotatable bonds is 7. The highest BCUT2D eigenvalue weighted by atomic mass is 79.9. The Morgan fingerprint density at radius 1 is 1.36 bits per heavy atom. The van der Waals surface area contributed by atoms with Gasteiger partial charge in [0, 0.05) is 28.8 Å². The molecule has 0 spiro atoms. The van der Waals surface area contributed by atoms with Gasteiger partial charge in [0.2, 0.25) is 5.91 Å². The first-order chi connectivity index (χ1) is 13.4. The second kappa shape index (κ2) is 9.16. The van der Waals surface area contributed by atoms with Crippen molar-refractivity contribution in [3.63, 3.8) is 0 Å². The van der Waals surface area contributed by atoms with Crippen LogP contribution in [0.4, 0.5) is 11.4 Å². The van der Waals surface area contributed by atoms with E-state index in [-0.39, 0.29) is 17.3 Å². The van der Waals surface area contributed by atoms with Gasteiger partial charge in [0.05, 0.1) is 19.3 Å². The molecule has 146 valence electrons. The molecule has 0 fully saturated rings. The maximum absolute atomic E-state index is 12.2. The SMILES string of the molecule is CCn1c(SCC(=O)Nc2cccc([N+](=O)[O-])c2)nnc1-c1cc(Br)c(Br)s1. The van der Waals surface area contributed by atoms with Crippen LogP contribution in [0.15, 0.2) is 43.7 Å². The molecule has 0 aliphatic heterocycles. The fourth-order valence-electron chi connectivity index (χ4n) is 2.34. The lowest BCUT2D eigenvalue weighted by Gasteiger charge is -2.07. The van der Waals surface area contributed by atoms with Crippen molar-refractivity contribution in [2.75, 3.05) is 11.1 Å². The fraction of sp³-hybridized carbons (Fsp3) is 0.188. The van der Waals surface area contributed by atoms with Crippen LogP contribution in [0.1, 0.15) is 6.92 Å². The molecule has 3 rings (SSSR count). The number of nitro benzene ring substituents is 1. The van der Waals surface area contributed by atoms with Crippen molar-refractivity contribution in [3.05, 3.63) is 48.7 Å². The minimum absolute atomic E-state index is 0.0749. The molecule has 0 saturated carbocycles. The van der Waals surface area contributed by atoms with Crippen molar-refractivity contribution in [2.45, 2.75) is 18.6 Å². The monoisotopic (exact) mass is 545 g/mol. The van der Waals surface area contributed by atoms with E-state index in [1.54, 1.807) is 17.4 Å². The number of aromatic nitrogens is 3. The third kappa shape index (κ3) is 4.80. The Morgan fingerprint density at radius 2 is 2.14 bits per heavy atom. The zero-order valence-corrected chi connectivity index (χ0v) is 19.2. The number of carbonyl (C=O) groups is 1. The molecule has 1 aromatic carbocycles. The molecule has 0 radical (unpaired) electrons. The van der Waals surface area contributed by atoms with E-state index in [0.717, 1.165) is 19.0 Å². The molecule has 1 N–H and O–H groups in total. The van der Waals surface area contributed by atoms with Crippen molar-refractivity contribution in [3.8, 4) is 10.7 Å². The summed E-state index contributed by atoms with van der Waals surface area (Å²) in [5.74, 6) is 0.568. The zero-order chi connectivity index (χ0) is 20.3. The average molecular weight is 547 g/mol. The molecule has 0 atom stereocenters. The van der Waals surface area contributed by atoms with Crippen LogP contribution in [-0.4, -0.2) is 31.3 Å². The van der Waals surface area contributed by atoms with Gasteiger partial charge in [0.1, 0.15) is 0 Å². The van der Waals surface area contributed by atoms with Crippen molar-refractivity contribution >= 4 is 72.2 Å². The van der Waals surface area contributed by atoms with Crippen molar-refractivity contribution < 1.29 is 9.72 Å². The number of thiophene rings is 1. The average Bonchev–Trinajstić information content (AvgIpc) is 3.22. The number of anilines is 1. The third-order valence-corrected chi connectivity index (χ3v) is 7.79. The second-order valence-electron chi connectivity index (χ2n) is 5.43. The third-order valence-electron chi connectivity index (χ3n) is 3.57. The summed E-state index contributed by atoms with van der Waals surface area (Å²) in [4.78, 5) is 23.5. The van der Waals surface area contributed by atoms with Gasteiger partial charge >= 0.3 is 0 Å². The minimum atomic E-state index is -0.503. The van der Waals surface area contributed by atoms with Crippen LogP contribution in [0.2, 0.25) is 0 Å². The standard InChI is InChI=1S/C16H13Br2N5O3S2/c1-2-22-15(12-7-11(17)14(18)28-12)20-21-16(22)27-8-13(24)19-9-4-3-5-10(6-9)23(25)26/h3-7H,2,8H2,1H3,(H,19,24). The number of hydrogen-bond donors (Lipinski definition) is 1. The Balaban J connectivity index is 1.68. The number of nitrogens with one attached hydrogen (secondary N) is 1. The number of thioether (sulfide) groups is 1. The Bertz CT molecular complexity index is 1020. The maximum atomic E-state index is 12.2. The van der Waals surface area contributed by atoms with E-state index >= 15 is 0 Å². The van der Waals surface area contributed by atoms with Gasteiger partial charge in [-0.1, -0.05) is 17.8 Å². The first-order valence-corrected chi connectivity index (χ1v) is 11.3. The number of halogens is 2. The fourth-order valence-corrected chi connectivity index (χ4v) is 5.18. The first-order valence-electron chi connectivity index (χ1n) is 7.94. The summed E-state index contributed by atoms with van der Waals surface area (Å²) in [7, 11) is 0. The van der Waals surface area contributed by atoms with Gasteiger partial charge in [-0.05, 0) is 50.9 Å². The predicted molar refractivity (Wildman–Crippen MR) is 117 cm³/mol. The van der Waals surface area contributed by atoms with Crippen LogP contribution in [0.3, 0.4) is 0 Å². The Morgan fingerprint density at radius 3 is 2.79 bits per heavy atom. The lowest BCUT2D eigenvalue weighted by molar-refractivity contribution is -0.384. The first kappa shape index (κ1) is 21.0. The summed E-state index contributed by atoms with van der Waals surface area (Å²) < 4.78 is 3.86. The molecule has 28 heavy (non-hydrogen) atoms. The molecule has 2 heterocycles. The van der Waals surface area contributed by atoms with Gasteiger partial charge in [0.15, 0.2) is 11.0 Å². The van der Waals surface area contributed by atoms with E-state index in [4.69, 9.17) is 0 Å². The van der Waals surface area contributed by atoms with Crippen LogP contribution < -0.4 is 5.32 Å². The lowest BCUT2D eigenvalue weighted by atomic mass is 10.3. The maximum Gasteiger partial charge on any atom is 0.271 e. The van der Waals surface area contributed by atoms with Crippen LogP contribution in [-0.2, 0) is 11.3 Å². The quantitative estimate of drug-likeness (QED) is 0.248. The molecule has 0 unspecified atom stereocenters. The Labute approximate surface area is 185 Å². The van der Waals surface area contributed by atoms with Crippen molar-refractivity contribution in [1.29, 1.82) is 0 Å². The van der Waals surface area contributed by atoms with Crippen LogP contribution in [0.25, 0.3) is 10.7 Å². The van der Waals surface area contributed by atoms with Crippen molar-refractivity contribution in [1.82, 2.24) is 14.8 Å². The number of nitrogens with zero attached hydrogens (tertiary/aromatic N) is 4. The van der Waals surface area contributed by atoms with Gasteiger partial charge in [-0.15, -0.1) is 21.5 Å². The van der Waals surface area contributed by atoms with Gasteiger partial charge in [0.25, 0.3) is 5.69 Å². The van der Waals surface area contributed by atoms with Crippen molar-refractivity contribution in [2.24, 2.45) is 0 Å². The molecule has 2 aromatic heterocycles. The molecule has 8 nitrogen and oxygen atoms in total. The molecule has 0 saturated heterocycles. The molecule has 3 aromatic rings. The van der Waals surface area contributed by atoms with E-state index in [1.165, 1.54) is 30.0 Å². The number of benzene rings is 1. The van der Waals surface area contributed by atoms with E-state index in [9.17, 15) is 14.9 Å². The number of hydrogen-bond acceptors (Lipinski definition) is 7. The number of carbonyl (C=O) groups excluding carboxylic acids is 1. The van der Waals surface area contributed by atoms with E-state index in [1.807, 2.05) is 17.6 Å². The summed E-state index contributed by atoms with van der Waals surface area (Å²) in [6, 6.07) is 7.79. The molecule has 12 heteroatoms. The molecule has 1 amide bonds. The van der Waals surface area contributed by atoms with Gasteiger partial charge in [-0.25, -0.2) is 0 Å². The molecule has 0 aliphatic rings. The smallest absolute Gasteiger partial charge is 0.271 e. The van der Waals surface area contributed by atoms with Crippen LogP contribution in [0.5, 0.6) is 0 Å². The van der Waals surface area contributed by atoms with Gasteiger partial charge in [-0.2, -0.15) is 0 Å². The summed E-state index contributed by atoms with van der Waals surface area (Å²) >= 11 is 9.75. The topological polar surface area (TPSA) is 103 Å². The second-order valence-corrected chi connectivity index (χ2v) is 9.59. The highest BCUT2D eigenvalue weighted by Gasteiger charge is 2.17.